The molecule has 0 bridgehead atoms. The molecule has 0 N–H and O–H groups in total. The van der Waals surface area contributed by atoms with Gasteiger partial charge in [0.25, 0.3) is 0 Å². The number of rotatable bonds is 16. The Morgan fingerprint density at radius 3 is 1.22 bits per heavy atom. The Hall–Kier alpha value is -3.06. The number of benzene rings is 2. The van der Waals surface area contributed by atoms with Crippen LogP contribution in [0.3, 0.4) is 0 Å². The third-order valence-electron chi connectivity index (χ3n) is 9.98. The van der Waals surface area contributed by atoms with Crippen LogP contribution < -0.4 is 0 Å². The molecule has 0 spiro atoms. The Morgan fingerprint density at radius 2 is 0.837 bits per heavy atom. The molecule has 0 saturated heterocycles. The molecule has 0 unspecified atom stereocenters. The van der Waals surface area contributed by atoms with Gasteiger partial charge in [0, 0.05) is 29.3 Å². The molecular formula is C44H46S4Si. The van der Waals surface area contributed by atoms with Gasteiger partial charge in [0.1, 0.15) is 8.07 Å². The van der Waals surface area contributed by atoms with Crippen molar-refractivity contribution in [2.75, 3.05) is 0 Å². The number of hydrogen-bond donors (Lipinski definition) is 0. The summed E-state index contributed by atoms with van der Waals surface area (Å²) < 4.78 is 0. The van der Waals surface area contributed by atoms with Gasteiger partial charge in [-0.05, 0) is 91.9 Å². The van der Waals surface area contributed by atoms with Gasteiger partial charge in [0.15, 0.2) is 0 Å². The monoisotopic (exact) mass is 730 g/mol. The van der Waals surface area contributed by atoms with Gasteiger partial charge in [-0.25, -0.2) is 0 Å². The van der Waals surface area contributed by atoms with E-state index in [1.165, 1.54) is 115 Å². The lowest BCUT2D eigenvalue weighted by atomic mass is 9.91. The third kappa shape index (κ3) is 7.24. The van der Waals surface area contributed by atoms with Crippen molar-refractivity contribution in [3.8, 4) is 19.5 Å². The summed E-state index contributed by atoms with van der Waals surface area (Å²) in [5.74, 6) is 0. The van der Waals surface area contributed by atoms with Gasteiger partial charge >= 0.3 is 0 Å². The summed E-state index contributed by atoms with van der Waals surface area (Å²) in [6.07, 6.45) is 10.4. The first kappa shape index (κ1) is 34.4. The molecule has 4 aromatic heterocycles. The zero-order valence-corrected chi connectivity index (χ0v) is 33.0. The smallest absolute Gasteiger partial charge is 0.123 e. The van der Waals surface area contributed by atoms with Gasteiger partial charge in [0.2, 0.25) is 0 Å². The number of allylic oxidation sites excluding steroid dienone is 2. The minimum Gasteiger partial charge on any atom is -0.143 e. The van der Waals surface area contributed by atoms with Gasteiger partial charge in [-0.2, -0.15) is 0 Å². The summed E-state index contributed by atoms with van der Waals surface area (Å²) in [6.45, 7) is 4.70. The van der Waals surface area contributed by atoms with E-state index in [9.17, 15) is 0 Å². The van der Waals surface area contributed by atoms with E-state index in [1.54, 1.807) is 10.4 Å². The van der Waals surface area contributed by atoms with Crippen LogP contribution in [0.15, 0.2) is 120 Å². The normalized spacial score (nSPS) is 14.3. The molecule has 0 radical (unpaired) electrons. The molecule has 1 aliphatic heterocycles. The third-order valence-corrected chi connectivity index (χ3v) is 20.0. The lowest BCUT2D eigenvalue weighted by Gasteiger charge is -2.34. The van der Waals surface area contributed by atoms with E-state index in [0.29, 0.717) is 0 Å². The van der Waals surface area contributed by atoms with Gasteiger partial charge < -0.3 is 0 Å². The van der Waals surface area contributed by atoms with Crippen molar-refractivity contribution in [1.82, 2.24) is 0 Å². The highest BCUT2D eigenvalue weighted by Gasteiger charge is 2.50. The molecule has 0 atom stereocenters. The minimum atomic E-state index is -2.32. The van der Waals surface area contributed by atoms with Crippen LogP contribution in [0.1, 0.15) is 86.1 Å². The van der Waals surface area contributed by atoms with Crippen LogP contribution in [0, 0.1) is 0 Å². The summed E-state index contributed by atoms with van der Waals surface area (Å²) in [5.41, 5.74) is 5.74. The maximum absolute atomic E-state index is 2.49. The molecule has 5 heterocycles. The molecule has 0 aliphatic carbocycles. The summed E-state index contributed by atoms with van der Waals surface area (Å²) in [5, 5.41) is 7.85. The molecule has 1 aliphatic rings. The summed E-state index contributed by atoms with van der Waals surface area (Å²) in [7, 11) is -2.32. The first-order valence-corrected chi connectivity index (χ1v) is 23.9. The van der Waals surface area contributed by atoms with Crippen molar-refractivity contribution in [1.29, 1.82) is 0 Å². The maximum atomic E-state index is 2.49. The first-order chi connectivity index (χ1) is 24.2. The fraction of sp³-hybridized carbons (Fsp3) is 0.273. The average molecular weight is 731 g/mol. The Labute approximate surface area is 310 Å². The first-order valence-electron chi connectivity index (χ1n) is 18.1. The second-order valence-corrected chi connectivity index (χ2v) is 21.4. The van der Waals surface area contributed by atoms with Crippen molar-refractivity contribution in [2.24, 2.45) is 0 Å². The summed E-state index contributed by atoms with van der Waals surface area (Å²) >= 11 is 7.80. The van der Waals surface area contributed by atoms with E-state index in [2.05, 4.69) is 134 Å². The van der Waals surface area contributed by atoms with E-state index < -0.39 is 8.07 Å². The number of hydrogen-bond acceptors (Lipinski definition) is 4. The van der Waals surface area contributed by atoms with Crippen LogP contribution >= 0.6 is 45.3 Å². The lowest BCUT2D eigenvalue weighted by molar-refractivity contribution is 0.685. The zero-order chi connectivity index (χ0) is 33.5. The van der Waals surface area contributed by atoms with Crippen molar-refractivity contribution in [3.63, 3.8) is 0 Å². The largest absolute Gasteiger partial charge is 0.143 e. The molecule has 2 aromatic carbocycles. The molecule has 250 valence electrons. The van der Waals surface area contributed by atoms with Crippen molar-refractivity contribution < 1.29 is 0 Å². The quantitative estimate of drug-likeness (QED) is 0.0687. The van der Waals surface area contributed by atoms with Crippen LogP contribution in [0.4, 0.5) is 0 Å². The molecule has 5 heteroatoms. The zero-order valence-electron chi connectivity index (χ0n) is 28.8. The van der Waals surface area contributed by atoms with Gasteiger partial charge in [-0.3, -0.25) is 0 Å². The Bertz CT molecular complexity index is 1830. The van der Waals surface area contributed by atoms with Gasteiger partial charge in [0.05, 0.1) is 0 Å². The SMILES string of the molecule is CCCCCC[Si]1(CCCCCC)C(c2ccc(-c3cccs3)s2)=C(c2ccccc2)C(c2ccccc2)=C1c1ccc(-c2cccs2)s1. The van der Waals surface area contributed by atoms with E-state index in [0.717, 1.165) is 0 Å². The number of thiophene rings is 4. The van der Waals surface area contributed by atoms with Gasteiger partial charge in [-0.15, -0.1) is 45.3 Å². The molecule has 6 aromatic rings. The highest BCUT2D eigenvalue weighted by molar-refractivity contribution is 7.28. The summed E-state index contributed by atoms with van der Waals surface area (Å²) in [6, 6.07) is 44.3. The van der Waals surface area contributed by atoms with Crippen LogP contribution in [-0.4, -0.2) is 8.07 Å². The maximum Gasteiger partial charge on any atom is 0.123 e. The topological polar surface area (TPSA) is 0 Å². The second-order valence-electron chi connectivity index (χ2n) is 13.2. The van der Waals surface area contributed by atoms with E-state index >= 15 is 0 Å². The van der Waals surface area contributed by atoms with E-state index in [1.807, 2.05) is 45.3 Å². The Balaban J connectivity index is 1.54. The van der Waals surface area contributed by atoms with Crippen LogP contribution in [0.2, 0.25) is 12.1 Å². The lowest BCUT2D eigenvalue weighted by Crippen LogP contribution is -2.36. The Kier molecular flexibility index (Phi) is 11.4. The molecule has 0 saturated carbocycles. The Morgan fingerprint density at radius 1 is 0.408 bits per heavy atom. The molecule has 49 heavy (non-hydrogen) atoms. The molecule has 0 nitrogen and oxygen atoms in total. The van der Waals surface area contributed by atoms with Gasteiger partial charge in [-0.1, -0.05) is 138 Å². The van der Waals surface area contributed by atoms with Crippen molar-refractivity contribution >= 4 is 75.0 Å². The van der Waals surface area contributed by atoms with Crippen molar-refractivity contribution in [2.45, 2.75) is 77.3 Å². The number of unbranched alkanes of at least 4 members (excludes halogenated alkanes) is 6. The van der Waals surface area contributed by atoms with Crippen LogP contribution in [0.25, 0.3) is 41.0 Å². The minimum absolute atomic E-state index is 1.27. The predicted octanol–water partition coefficient (Wildman–Crippen LogP) is 15.5. The predicted molar refractivity (Wildman–Crippen MR) is 225 cm³/mol. The van der Waals surface area contributed by atoms with E-state index in [-0.39, 0.29) is 0 Å². The summed E-state index contributed by atoms with van der Waals surface area (Å²) in [4.78, 5) is 8.55. The van der Waals surface area contributed by atoms with Crippen LogP contribution in [0.5, 0.6) is 0 Å². The second kappa shape index (κ2) is 16.3. The van der Waals surface area contributed by atoms with Crippen LogP contribution in [-0.2, 0) is 0 Å². The standard InChI is InChI=1S/C44H46S4Si/c1-3-5-7-15-31-49(32-16-8-6-4-2)43(39-27-25-37(47-39)35-23-17-29-45-35)41(33-19-11-9-12-20-33)42(34-21-13-10-14-22-34)44(49)40-28-26-38(48-40)36-24-18-30-46-36/h9-14,17-30H,3-8,15-16,31-32H2,1-2H3. The highest BCUT2D eigenvalue weighted by atomic mass is 32.1. The fourth-order valence-electron chi connectivity index (χ4n) is 7.74. The molecule has 0 fully saturated rings. The molecule has 0 amide bonds. The highest BCUT2D eigenvalue weighted by Crippen LogP contribution is 2.61. The molecular weight excluding hydrogens is 685 g/mol. The van der Waals surface area contributed by atoms with Crippen molar-refractivity contribution in [3.05, 3.63) is 141 Å². The molecule has 7 rings (SSSR count). The average Bonchev–Trinajstić information content (AvgIpc) is 3.99. The fourth-order valence-corrected chi connectivity index (χ4v) is 18.6. The van der Waals surface area contributed by atoms with E-state index in [4.69, 9.17) is 0 Å².